The molecule has 0 saturated heterocycles. The molecule has 2 N–H and O–H groups in total. The lowest BCUT2D eigenvalue weighted by molar-refractivity contribution is -0.131. The molecule has 0 aliphatic carbocycles. The standard InChI is InChI=1S/C12H13N3.C12H14O3.C11H17Cl2NOS.C7H7ClO/c1-9-8-10(2)14-12(13-9)15-11-6-4-3-5-7-11;1-9(13)3-4-11-5-7-12(8-6-11)15-10(2)14;1-2-3-4-5-6-7-8-14-11(15)9(12)10(13)16-14;1-5-4-6(9)2-3-7(5)8/h3-8H,1-2H3,(H,13,14,15);5-8H,3-4H2,1-2H3;2-8H2,1H3;2-4,9H,1H3. The average molecular weight is 830 g/mol. The number of esters is 1. The number of aromatic nitrogens is 3. The van der Waals surface area contributed by atoms with Crippen LogP contribution in [0.5, 0.6) is 11.5 Å². The molecule has 0 bridgehead atoms. The van der Waals surface area contributed by atoms with E-state index >= 15 is 0 Å². The molecular formula is C42H51Cl3N4O5S. The van der Waals surface area contributed by atoms with Crippen molar-refractivity contribution in [2.45, 2.75) is 99.5 Å². The number of phenols is 1. The van der Waals surface area contributed by atoms with E-state index in [1.165, 1.54) is 50.6 Å². The number of Topliss-reactive ketones (excluding diaryl/α,β-unsaturated/α-hetero) is 1. The van der Waals surface area contributed by atoms with E-state index in [0.717, 1.165) is 47.6 Å². The van der Waals surface area contributed by atoms with Gasteiger partial charge in [-0.25, -0.2) is 9.97 Å². The van der Waals surface area contributed by atoms with Crippen molar-refractivity contribution in [3.63, 3.8) is 0 Å². The highest BCUT2D eigenvalue weighted by atomic mass is 35.5. The predicted molar refractivity (Wildman–Crippen MR) is 228 cm³/mol. The van der Waals surface area contributed by atoms with Crippen LogP contribution in [0.4, 0.5) is 11.6 Å². The Morgan fingerprint density at radius 2 is 1.45 bits per heavy atom. The number of carbonyl (C=O) groups is 2. The van der Waals surface area contributed by atoms with E-state index in [1.54, 1.807) is 41.2 Å². The van der Waals surface area contributed by atoms with Crippen molar-refractivity contribution in [2.24, 2.45) is 0 Å². The van der Waals surface area contributed by atoms with Crippen LogP contribution in [-0.2, 0) is 22.6 Å². The maximum atomic E-state index is 11.5. The van der Waals surface area contributed by atoms with Gasteiger partial charge in [0.2, 0.25) is 5.95 Å². The summed E-state index contributed by atoms with van der Waals surface area (Å²) in [5.41, 5.74) is 4.77. The van der Waals surface area contributed by atoms with Gasteiger partial charge in [-0.2, -0.15) is 0 Å². The number of halogens is 3. The van der Waals surface area contributed by atoms with Crippen LogP contribution in [0.25, 0.3) is 0 Å². The summed E-state index contributed by atoms with van der Waals surface area (Å²) < 4.78 is 6.93. The number of nitrogens with zero attached hydrogens (tertiary/aromatic N) is 3. The van der Waals surface area contributed by atoms with Gasteiger partial charge in [0.15, 0.2) is 0 Å². The van der Waals surface area contributed by atoms with Crippen LogP contribution < -0.4 is 15.6 Å². The zero-order valence-corrected chi connectivity index (χ0v) is 35.4. The second kappa shape index (κ2) is 25.8. The Bertz CT molecular complexity index is 1950. The Morgan fingerprint density at radius 3 is 1.98 bits per heavy atom. The van der Waals surface area contributed by atoms with Gasteiger partial charge in [0.05, 0.1) is 0 Å². The lowest BCUT2D eigenvalue weighted by atomic mass is 10.1. The lowest BCUT2D eigenvalue weighted by Gasteiger charge is -2.05. The minimum atomic E-state index is -0.327. The van der Waals surface area contributed by atoms with E-state index in [-0.39, 0.29) is 28.1 Å². The normalized spacial score (nSPS) is 10.1. The van der Waals surface area contributed by atoms with Crippen molar-refractivity contribution in [3.8, 4) is 11.5 Å². The van der Waals surface area contributed by atoms with E-state index in [9.17, 15) is 14.4 Å². The average Bonchev–Trinajstić information content (AvgIpc) is 3.38. The summed E-state index contributed by atoms with van der Waals surface area (Å²) in [6.45, 7) is 11.7. The van der Waals surface area contributed by atoms with Gasteiger partial charge in [-0.15, -0.1) is 0 Å². The molecule has 0 aliphatic rings. The highest BCUT2D eigenvalue weighted by molar-refractivity contribution is 7.11. The van der Waals surface area contributed by atoms with Gasteiger partial charge < -0.3 is 20.0 Å². The maximum Gasteiger partial charge on any atom is 0.308 e. The molecule has 3 aromatic carbocycles. The van der Waals surface area contributed by atoms with Gasteiger partial charge in [-0.1, -0.05) is 104 Å². The zero-order chi connectivity index (χ0) is 40.8. The number of ether oxygens (including phenoxy) is 1. The third-order valence-electron chi connectivity index (χ3n) is 7.60. The Balaban J connectivity index is 0.000000258. The van der Waals surface area contributed by atoms with Gasteiger partial charge in [0.25, 0.3) is 5.56 Å². The number of anilines is 2. The first-order valence-electron chi connectivity index (χ1n) is 18.1. The zero-order valence-electron chi connectivity index (χ0n) is 32.3. The van der Waals surface area contributed by atoms with E-state index in [0.29, 0.717) is 27.5 Å². The second-order valence-electron chi connectivity index (χ2n) is 12.7. The van der Waals surface area contributed by atoms with Gasteiger partial charge in [0, 0.05) is 42.0 Å². The van der Waals surface area contributed by atoms with E-state index < -0.39 is 0 Å². The van der Waals surface area contributed by atoms with Gasteiger partial charge in [-0.3, -0.25) is 13.5 Å². The van der Waals surface area contributed by atoms with Crippen LogP contribution in [-0.4, -0.2) is 30.8 Å². The van der Waals surface area contributed by atoms with Crippen molar-refractivity contribution in [2.75, 3.05) is 5.32 Å². The highest BCUT2D eigenvalue weighted by Gasteiger charge is 2.10. The number of carbonyl (C=O) groups excluding carboxylic acids is 2. The molecule has 5 aromatic rings. The number of hydrogen-bond donors (Lipinski definition) is 2. The van der Waals surface area contributed by atoms with Crippen LogP contribution in [0.2, 0.25) is 14.4 Å². The summed E-state index contributed by atoms with van der Waals surface area (Å²) in [5, 5.41) is 12.9. The third-order valence-corrected chi connectivity index (χ3v) is 9.91. The van der Waals surface area contributed by atoms with Crippen LogP contribution in [0, 0.1) is 20.8 Å². The number of aryl methyl sites for hydroxylation is 5. The molecular weight excluding hydrogens is 779 g/mol. The molecule has 0 saturated carbocycles. The van der Waals surface area contributed by atoms with Crippen molar-refractivity contribution >= 4 is 69.7 Å². The topological polar surface area (TPSA) is 123 Å². The summed E-state index contributed by atoms with van der Waals surface area (Å²) in [5.74, 6) is 1.30. The fraction of sp³-hybridized carbons (Fsp3) is 0.357. The number of para-hydroxylation sites is 1. The summed E-state index contributed by atoms with van der Waals surface area (Å²) in [4.78, 5) is 41.5. The van der Waals surface area contributed by atoms with Crippen molar-refractivity contribution in [3.05, 3.63) is 126 Å². The Hall–Kier alpha value is -4.22. The Kier molecular flexibility index (Phi) is 22.0. The maximum absolute atomic E-state index is 11.5. The van der Waals surface area contributed by atoms with Crippen molar-refractivity contribution in [1.29, 1.82) is 0 Å². The molecule has 0 unspecified atom stereocenters. The largest absolute Gasteiger partial charge is 0.508 e. The van der Waals surface area contributed by atoms with E-state index in [4.69, 9.17) is 44.6 Å². The van der Waals surface area contributed by atoms with Crippen molar-refractivity contribution in [1.82, 2.24) is 13.9 Å². The quantitative estimate of drug-likeness (QED) is 0.0683. The molecule has 0 amide bonds. The molecule has 0 atom stereocenters. The SMILES string of the molecule is CC(=O)CCc1ccc(OC(C)=O)cc1.CCCCCCCCn1sc(Cl)c(Cl)c1=O.Cc1cc(C)nc(Nc2ccccc2)n1.Cc1cc(O)ccc1Cl. The number of rotatable bonds is 13. The number of phenolic OH excluding ortho intramolecular Hbond substituents is 1. The molecule has 13 heteroatoms. The van der Waals surface area contributed by atoms with Gasteiger partial charge in [0.1, 0.15) is 26.6 Å². The van der Waals surface area contributed by atoms with Crippen LogP contribution in [0.1, 0.15) is 88.2 Å². The number of ketones is 1. The van der Waals surface area contributed by atoms with Gasteiger partial charge >= 0.3 is 5.97 Å². The number of hydrogen-bond acceptors (Lipinski definition) is 9. The molecule has 296 valence electrons. The lowest BCUT2D eigenvalue weighted by Crippen LogP contribution is -2.13. The number of unbranched alkanes of at least 4 members (excludes halogenated alkanes) is 5. The molecule has 9 nitrogen and oxygen atoms in total. The monoisotopic (exact) mass is 828 g/mol. The van der Waals surface area contributed by atoms with E-state index in [2.05, 4.69) is 22.2 Å². The fourth-order valence-electron chi connectivity index (χ4n) is 4.83. The molecule has 55 heavy (non-hydrogen) atoms. The Morgan fingerprint density at radius 1 is 0.836 bits per heavy atom. The van der Waals surface area contributed by atoms with E-state index in [1.807, 2.05) is 69.3 Å². The molecule has 0 fully saturated rings. The molecule has 2 aromatic heterocycles. The first-order valence-corrected chi connectivity index (χ1v) is 20.0. The number of nitrogens with one attached hydrogen (secondary N) is 1. The van der Waals surface area contributed by atoms with Crippen LogP contribution in [0.3, 0.4) is 0 Å². The first kappa shape index (κ1) is 46.9. The highest BCUT2D eigenvalue weighted by Crippen LogP contribution is 2.24. The predicted octanol–water partition coefficient (Wildman–Crippen LogP) is 11.9. The van der Waals surface area contributed by atoms with Crippen molar-refractivity contribution < 1.29 is 19.4 Å². The minimum Gasteiger partial charge on any atom is -0.508 e. The summed E-state index contributed by atoms with van der Waals surface area (Å²) in [6, 6.07) is 23.9. The third kappa shape index (κ3) is 19.8. The smallest absolute Gasteiger partial charge is 0.308 e. The van der Waals surface area contributed by atoms with Crippen LogP contribution >= 0.6 is 46.3 Å². The summed E-state index contributed by atoms with van der Waals surface area (Å²) in [6.07, 6.45) is 8.57. The Labute approximate surface area is 343 Å². The first-order chi connectivity index (χ1) is 26.2. The molecule has 0 aliphatic heterocycles. The molecule has 0 radical (unpaired) electrons. The number of benzene rings is 3. The summed E-state index contributed by atoms with van der Waals surface area (Å²) >= 11 is 18.4. The van der Waals surface area contributed by atoms with Crippen LogP contribution in [0.15, 0.2) is 83.7 Å². The number of aromatic hydroxyl groups is 1. The fourth-order valence-corrected chi connectivity index (χ4v) is 6.29. The van der Waals surface area contributed by atoms with Gasteiger partial charge in [-0.05, 0) is 112 Å². The summed E-state index contributed by atoms with van der Waals surface area (Å²) in [7, 11) is 0. The molecule has 0 spiro atoms. The minimum absolute atomic E-state index is 0.148. The molecule has 5 rings (SSSR count). The second-order valence-corrected chi connectivity index (χ2v) is 15.1. The molecule has 2 heterocycles.